The van der Waals surface area contributed by atoms with Crippen molar-refractivity contribution in [3.8, 4) is 0 Å². The number of hydrogen-bond donors (Lipinski definition) is 3. The maximum atomic E-state index is 5.34. The number of hydrogen-bond acceptors (Lipinski definition) is 4. The predicted molar refractivity (Wildman–Crippen MR) is 68.5 cm³/mol. The summed E-state index contributed by atoms with van der Waals surface area (Å²) in [6.07, 6.45) is 1.90. The molecule has 0 aliphatic heterocycles. The van der Waals surface area contributed by atoms with Crippen molar-refractivity contribution in [3.63, 3.8) is 0 Å². The monoisotopic (exact) mass is 241 g/mol. The Balaban J connectivity index is 2.28. The Hall–Kier alpha value is -1.14. The Morgan fingerprint density at radius 1 is 1.62 bits per heavy atom. The average molecular weight is 241 g/mol. The van der Waals surface area contributed by atoms with E-state index in [1.165, 1.54) is 0 Å². The van der Waals surface area contributed by atoms with E-state index < -0.39 is 0 Å². The Labute approximate surface area is 100 Å². The molecular weight excluding hydrogens is 222 g/mol. The third-order valence-electron chi connectivity index (χ3n) is 1.97. The van der Waals surface area contributed by atoms with Gasteiger partial charge in [0, 0.05) is 24.9 Å². The average Bonchev–Trinajstić information content (AvgIpc) is 2.69. The van der Waals surface area contributed by atoms with E-state index in [1.807, 2.05) is 6.92 Å². The van der Waals surface area contributed by atoms with Gasteiger partial charge in [0.05, 0.1) is 10.7 Å². The van der Waals surface area contributed by atoms with E-state index in [-0.39, 0.29) is 0 Å². The van der Waals surface area contributed by atoms with Gasteiger partial charge < -0.3 is 5.32 Å². The van der Waals surface area contributed by atoms with E-state index in [4.69, 9.17) is 5.84 Å². The van der Waals surface area contributed by atoms with Gasteiger partial charge in [-0.1, -0.05) is 6.92 Å². The fourth-order valence-corrected chi connectivity index (χ4v) is 1.86. The van der Waals surface area contributed by atoms with E-state index in [0.29, 0.717) is 5.96 Å². The van der Waals surface area contributed by atoms with Gasteiger partial charge in [0.2, 0.25) is 5.96 Å². The van der Waals surface area contributed by atoms with Crippen LogP contribution >= 0.6 is 11.3 Å². The number of hydrazine groups is 1. The molecule has 5 nitrogen and oxygen atoms in total. The van der Waals surface area contributed by atoms with Crippen LogP contribution in [0.25, 0.3) is 0 Å². The molecule has 1 aromatic heterocycles. The zero-order chi connectivity index (χ0) is 11.8. The summed E-state index contributed by atoms with van der Waals surface area (Å²) in [5.41, 5.74) is 3.66. The molecular formula is C10H19N5S. The van der Waals surface area contributed by atoms with Crippen LogP contribution in [-0.4, -0.2) is 24.0 Å². The van der Waals surface area contributed by atoms with Crippen LogP contribution < -0.4 is 16.6 Å². The molecule has 0 atom stereocenters. The molecule has 0 amide bonds. The molecule has 0 aliphatic rings. The van der Waals surface area contributed by atoms with E-state index in [1.54, 1.807) is 11.3 Å². The summed E-state index contributed by atoms with van der Waals surface area (Å²) in [4.78, 5) is 8.63. The molecule has 16 heavy (non-hydrogen) atoms. The van der Waals surface area contributed by atoms with E-state index >= 15 is 0 Å². The SMILES string of the molecule is CCCN=C(NN)NCCc1csc(C)n1. The molecule has 0 aromatic carbocycles. The van der Waals surface area contributed by atoms with E-state index in [0.717, 1.165) is 36.6 Å². The molecule has 0 unspecified atom stereocenters. The Morgan fingerprint density at radius 2 is 2.44 bits per heavy atom. The number of thiazole rings is 1. The molecule has 1 rings (SSSR count). The topological polar surface area (TPSA) is 75.3 Å². The van der Waals surface area contributed by atoms with Crippen LogP contribution in [0.2, 0.25) is 0 Å². The lowest BCUT2D eigenvalue weighted by atomic mass is 10.3. The number of guanidine groups is 1. The minimum Gasteiger partial charge on any atom is -0.355 e. The lowest BCUT2D eigenvalue weighted by molar-refractivity contribution is 0.790. The van der Waals surface area contributed by atoms with Gasteiger partial charge in [-0.3, -0.25) is 10.4 Å². The normalized spacial score (nSPS) is 11.6. The van der Waals surface area contributed by atoms with Crippen molar-refractivity contribution in [2.45, 2.75) is 26.7 Å². The number of aliphatic imine (C=N–C) groups is 1. The summed E-state index contributed by atoms with van der Waals surface area (Å²) in [6.45, 7) is 5.66. The van der Waals surface area contributed by atoms with Gasteiger partial charge >= 0.3 is 0 Å². The van der Waals surface area contributed by atoms with Gasteiger partial charge in [-0.25, -0.2) is 10.8 Å². The van der Waals surface area contributed by atoms with Crippen molar-refractivity contribution in [2.24, 2.45) is 10.8 Å². The van der Waals surface area contributed by atoms with Gasteiger partial charge in [-0.2, -0.15) is 0 Å². The van der Waals surface area contributed by atoms with Crippen LogP contribution in [0.5, 0.6) is 0 Å². The van der Waals surface area contributed by atoms with Crippen LogP contribution in [0.3, 0.4) is 0 Å². The molecule has 0 aliphatic carbocycles. The van der Waals surface area contributed by atoms with Crippen molar-refractivity contribution in [1.82, 2.24) is 15.7 Å². The van der Waals surface area contributed by atoms with E-state index in [9.17, 15) is 0 Å². The number of nitrogens with two attached hydrogens (primary N) is 1. The number of aromatic nitrogens is 1. The Morgan fingerprint density at radius 3 is 3.00 bits per heavy atom. The summed E-state index contributed by atoms with van der Waals surface area (Å²) in [6, 6.07) is 0. The molecule has 0 bridgehead atoms. The van der Waals surface area contributed by atoms with Gasteiger partial charge in [0.1, 0.15) is 0 Å². The molecule has 90 valence electrons. The van der Waals surface area contributed by atoms with Gasteiger partial charge in [0.25, 0.3) is 0 Å². The number of rotatable bonds is 5. The minimum absolute atomic E-state index is 0.647. The first-order valence-corrected chi connectivity index (χ1v) is 6.30. The second-order valence-electron chi connectivity index (χ2n) is 3.41. The second kappa shape index (κ2) is 7.19. The zero-order valence-corrected chi connectivity index (χ0v) is 10.6. The molecule has 0 saturated heterocycles. The zero-order valence-electron chi connectivity index (χ0n) is 9.79. The van der Waals surface area contributed by atoms with Crippen LogP contribution in [0.4, 0.5) is 0 Å². The number of nitrogens with one attached hydrogen (secondary N) is 2. The fourth-order valence-electron chi connectivity index (χ4n) is 1.21. The molecule has 0 fully saturated rings. The fraction of sp³-hybridized carbons (Fsp3) is 0.600. The van der Waals surface area contributed by atoms with Crippen LogP contribution in [0, 0.1) is 6.92 Å². The van der Waals surface area contributed by atoms with Gasteiger partial charge in [0.15, 0.2) is 0 Å². The lowest BCUT2D eigenvalue weighted by Gasteiger charge is -2.07. The molecule has 6 heteroatoms. The van der Waals surface area contributed by atoms with Crippen LogP contribution in [0.1, 0.15) is 24.0 Å². The largest absolute Gasteiger partial charge is 0.355 e. The highest BCUT2D eigenvalue weighted by Gasteiger charge is 1.99. The Bertz CT molecular complexity index is 334. The highest BCUT2D eigenvalue weighted by atomic mass is 32.1. The maximum Gasteiger partial charge on any atom is 0.205 e. The third-order valence-corrected chi connectivity index (χ3v) is 2.79. The third kappa shape index (κ3) is 4.59. The Kier molecular flexibility index (Phi) is 5.81. The number of nitrogens with zero attached hydrogens (tertiary/aromatic N) is 2. The molecule has 1 heterocycles. The highest BCUT2D eigenvalue weighted by molar-refractivity contribution is 7.09. The summed E-state index contributed by atoms with van der Waals surface area (Å²) >= 11 is 1.67. The number of aryl methyl sites for hydroxylation is 1. The lowest BCUT2D eigenvalue weighted by Crippen LogP contribution is -2.42. The summed E-state index contributed by atoms with van der Waals surface area (Å²) in [5.74, 6) is 5.99. The quantitative estimate of drug-likeness (QED) is 0.309. The van der Waals surface area contributed by atoms with Gasteiger partial charge in [-0.15, -0.1) is 11.3 Å². The first kappa shape index (κ1) is 12.9. The second-order valence-corrected chi connectivity index (χ2v) is 4.47. The van der Waals surface area contributed by atoms with Crippen molar-refractivity contribution in [1.29, 1.82) is 0 Å². The van der Waals surface area contributed by atoms with Crippen LogP contribution in [0.15, 0.2) is 10.4 Å². The van der Waals surface area contributed by atoms with E-state index in [2.05, 4.69) is 33.0 Å². The molecule has 0 saturated carbocycles. The highest BCUT2D eigenvalue weighted by Crippen LogP contribution is 2.07. The minimum atomic E-state index is 0.647. The van der Waals surface area contributed by atoms with Crippen molar-refractivity contribution in [2.75, 3.05) is 13.1 Å². The molecule has 1 aromatic rings. The van der Waals surface area contributed by atoms with Crippen molar-refractivity contribution >= 4 is 17.3 Å². The first-order valence-electron chi connectivity index (χ1n) is 5.42. The smallest absolute Gasteiger partial charge is 0.205 e. The molecule has 0 radical (unpaired) electrons. The van der Waals surface area contributed by atoms with Gasteiger partial charge in [-0.05, 0) is 13.3 Å². The summed E-state index contributed by atoms with van der Waals surface area (Å²) < 4.78 is 0. The standard InChI is InChI=1S/C10H19N5S/c1-3-5-12-10(15-11)13-6-4-9-7-16-8(2)14-9/h7H,3-6,11H2,1-2H3,(H2,12,13,15). The van der Waals surface area contributed by atoms with Crippen LogP contribution in [-0.2, 0) is 6.42 Å². The maximum absolute atomic E-state index is 5.34. The summed E-state index contributed by atoms with van der Waals surface area (Å²) in [5, 5.41) is 6.32. The van der Waals surface area contributed by atoms with Crippen molar-refractivity contribution in [3.05, 3.63) is 16.1 Å². The predicted octanol–water partition coefficient (Wildman–Crippen LogP) is 0.813. The molecule has 0 spiro atoms. The molecule has 4 N–H and O–H groups in total. The van der Waals surface area contributed by atoms with Crippen molar-refractivity contribution < 1.29 is 0 Å². The first-order chi connectivity index (χ1) is 7.76. The summed E-state index contributed by atoms with van der Waals surface area (Å²) in [7, 11) is 0.